The number of aliphatic imine (C=N–C) groups is 1. The maximum Gasteiger partial charge on any atom is 0.191 e. The minimum Gasteiger partial charge on any atom is -0.497 e. The zero-order chi connectivity index (χ0) is 19.8. The smallest absolute Gasteiger partial charge is 0.191 e. The van der Waals surface area contributed by atoms with Crippen LogP contribution in [0.2, 0.25) is 0 Å². The lowest BCUT2D eigenvalue weighted by molar-refractivity contribution is 0.150. The van der Waals surface area contributed by atoms with Crippen LogP contribution in [0.25, 0.3) is 0 Å². The van der Waals surface area contributed by atoms with E-state index in [1.807, 2.05) is 24.3 Å². The third-order valence-electron chi connectivity index (χ3n) is 5.96. The van der Waals surface area contributed by atoms with E-state index in [0.717, 1.165) is 42.7 Å². The van der Waals surface area contributed by atoms with Crippen molar-refractivity contribution in [3.8, 4) is 5.75 Å². The Morgan fingerprint density at radius 2 is 2.00 bits per heavy atom. The number of methoxy groups -OCH3 is 1. The molecule has 3 rings (SSSR count). The van der Waals surface area contributed by atoms with Crippen LogP contribution in [0, 0.1) is 0 Å². The van der Waals surface area contributed by atoms with Gasteiger partial charge in [0, 0.05) is 31.7 Å². The average molecular weight is 389 g/mol. The molecule has 1 saturated carbocycles. The van der Waals surface area contributed by atoms with Gasteiger partial charge in [-0.1, -0.05) is 25.0 Å². The summed E-state index contributed by atoms with van der Waals surface area (Å²) in [6, 6.07) is 8.80. The molecule has 1 aliphatic heterocycles. The maximum absolute atomic E-state index is 10.5. The summed E-state index contributed by atoms with van der Waals surface area (Å²) in [4.78, 5) is 7.31. The van der Waals surface area contributed by atoms with Crippen LogP contribution in [0.4, 0.5) is 0 Å². The molecule has 1 saturated heterocycles. The number of guanidine groups is 1. The molecule has 0 radical (unpaired) electrons. The van der Waals surface area contributed by atoms with Gasteiger partial charge in [-0.25, -0.2) is 0 Å². The molecule has 156 valence electrons. The van der Waals surface area contributed by atoms with Crippen LogP contribution >= 0.6 is 0 Å². The van der Waals surface area contributed by atoms with Crippen LogP contribution in [0.1, 0.15) is 57.1 Å². The van der Waals surface area contributed by atoms with Crippen LogP contribution in [0.15, 0.2) is 29.3 Å². The number of aliphatic hydroxyl groups excluding tert-OH is 1. The van der Waals surface area contributed by atoms with E-state index < -0.39 is 6.10 Å². The van der Waals surface area contributed by atoms with Crippen LogP contribution in [-0.2, 0) is 0 Å². The second-order valence-corrected chi connectivity index (χ2v) is 7.90. The molecule has 28 heavy (non-hydrogen) atoms. The minimum absolute atomic E-state index is 0.323. The third kappa shape index (κ3) is 5.85. The number of aliphatic hydroxyl groups is 1. The predicted molar refractivity (Wildman–Crippen MR) is 114 cm³/mol. The van der Waals surface area contributed by atoms with Crippen LogP contribution in [0.5, 0.6) is 5.75 Å². The number of likely N-dealkylation sites (tertiary alicyclic amines) is 1. The van der Waals surface area contributed by atoms with E-state index in [2.05, 4.69) is 27.4 Å². The molecular weight excluding hydrogens is 352 g/mol. The lowest BCUT2D eigenvalue weighted by atomic mass is 10.0. The highest BCUT2D eigenvalue weighted by atomic mass is 16.5. The first-order chi connectivity index (χ1) is 13.7. The fraction of sp³-hybridized carbons (Fsp3) is 0.682. The van der Waals surface area contributed by atoms with Gasteiger partial charge in [0.25, 0.3) is 0 Å². The summed E-state index contributed by atoms with van der Waals surface area (Å²) in [7, 11) is 1.63. The van der Waals surface area contributed by atoms with Gasteiger partial charge in [-0.2, -0.15) is 0 Å². The SMILES string of the molecule is CCNC(=NCC(O)c1cccc(OC)c1)NC1CCN(C2CCCC2)CC1. The van der Waals surface area contributed by atoms with Gasteiger partial charge in [0.15, 0.2) is 5.96 Å². The second kappa shape index (κ2) is 10.7. The lowest BCUT2D eigenvalue weighted by Crippen LogP contribution is -2.50. The molecule has 1 heterocycles. The topological polar surface area (TPSA) is 69.1 Å². The van der Waals surface area contributed by atoms with Crippen LogP contribution < -0.4 is 15.4 Å². The average Bonchev–Trinajstić information content (AvgIpc) is 3.27. The summed E-state index contributed by atoms with van der Waals surface area (Å²) >= 11 is 0. The third-order valence-corrected chi connectivity index (χ3v) is 5.96. The molecule has 2 aliphatic rings. The van der Waals surface area contributed by atoms with Crippen molar-refractivity contribution in [2.45, 2.75) is 63.6 Å². The molecule has 1 aliphatic carbocycles. The normalized spacial score (nSPS) is 20.9. The van der Waals surface area contributed by atoms with Gasteiger partial charge in [0.1, 0.15) is 5.75 Å². The lowest BCUT2D eigenvalue weighted by Gasteiger charge is -2.36. The summed E-state index contributed by atoms with van der Waals surface area (Å²) in [5, 5.41) is 17.4. The van der Waals surface area contributed by atoms with Crippen molar-refractivity contribution in [2.24, 2.45) is 4.99 Å². The Balaban J connectivity index is 1.51. The van der Waals surface area contributed by atoms with Gasteiger partial charge in [0.05, 0.1) is 19.8 Å². The quantitative estimate of drug-likeness (QED) is 0.495. The van der Waals surface area contributed by atoms with Crippen molar-refractivity contribution < 1.29 is 9.84 Å². The largest absolute Gasteiger partial charge is 0.497 e. The Kier molecular flexibility index (Phi) is 7.98. The van der Waals surface area contributed by atoms with Crippen molar-refractivity contribution in [2.75, 3.05) is 33.3 Å². The number of ether oxygens (including phenoxy) is 1. The van der Waals surface area contributed by atoms with Gasteiger partial charge in [-0.15, -0.1) is 0 Å². The zero-order valence-corrected chi connectivity index (χ0v) is 17.4. The Hall–Kier alpha value is -1.79. The van der Waals surface area contributed by atoms with E-state index >= 15 is 0 Å². The van der Waals surface area contributed by atoms with Crippen LogP contribution in [-0.4, -0.2) is 61.3 Å². The van der Waals surface area contributed by atoms with Crippen LogP contribution in [0.3, 0.4) is 0 Å². The van der Waals surface area contributed by atoms with Gasteiger partial charge < -0.3 is 25.4 Å². The Labute approximate surface area is 169 Å². The summed E-state index contributed by atoms with van der Waals surface area (Å²) in [6.45, 7) is 5.55. The first-order valence-corrected chi connectivity index (χ1v) is 10.8. The number of benzene rings is 1. The Bertz CT molecular complexity index is 623. The number of hydrogen-bond acceptors (Lipinski definition) is 4. The highest BCUT2D eigenvalue weighted by molar-refractivity contribution is 5.80. The Morgan fingerprint density at radius 3 is 2.68 bits per heavy atom. The number of piperidine rings is 1. The summed E-state index contributed by atoms with van der Waals surface area (Å²) in [6.07, 6.45) is 7.22. The van der Waals surface area contributed by atoms with Gasteiger partial charge in [-0.3, -0.25) is 4.99 Å². The number of rotatable bonds is 7. The molecule has 0 aromatic heterocycles. The molecule has 3 N–H and O–H groups in total. The van der Waals surface area contributed by atoms with E-state index in [1.165, 1.54) is 38.8 Å². The van der Waals surface area contributed by atoms with Gasteiger partial charge in [-0.05, 0) is 50.3 Å². The number of nitrogens with zero attached hydrogens (tertiary/aromatic N) is 2. The predicted octanol–water partition coefficient (Wildman–Crippen LogP) is 2.69. The Morgan fingerprint density at radius 1 is 1.25 bits per heavy atom. The molecule has 1 aromatic carbocycles. The monoisotopic (exact) mass is 388 g/mol. The molecule has 1 aromatic rings. The molecule has 6 nitrogen and oxygen atoms in total. The van der Waals surface area contributed by atoms with Crippen molar-refractivity contribution in [3.63, 3.8) is 0 Å². The second-order valence-electron chi connectivity index (χ2n) is 7.90. The van der Waals surface area contributed by atoms with Crippen molar-refractivity contribution >= 4 is 5.96 Å². The molecule has 2 fully saturated rings. The first-order valence-electron chi connectivity index (χ1n) is 10.8. The summed E-state index contributed by atoms with van der Waals surface area (Å²) in [5.74, 6) is 1.54. The van der Waals surface area contributed by atoms with Gasteiger partial charge >= 0.3 is 0 Å². The number of hydrogen-bond donors (Lipinski definition) is 3. The first kappa shape index (κ1) is 20.9. The minimum atomic E-state index is -0.644. The fourth-order valence-corrected chi connectivity index (χ4v) is 4.32. The van der Waals surface area contributed by atoms with Crippen molar-refractivity contribution in [3.05, 3.63) is 29.8 Å². The molecule has 0 spiro atoms. The molecule has 1 atom stereocenters. The van der Waals surface area contributed by atoms with Gasteiger partial charge in [0.2, 0.25) is 0 Å². The standard InChI is InChI=1S/C22H36N4O2/c1-3-23-22(24-16-21(27)17-7-6-10-20(15-17)28-2)25-18-11-13-26(14-12-18)19-8-4-5-9-19/h6-7,10,15,18-19,21,27H,3-5,8-9,11-14,16H2,1-2H3,(H2,23,24,25). The molecular formula is C22H36N4O2. The maximum atomic E-state index is 10.5. The summed E-state index contributed by atoms with van der Waals surface area (Å²) < 4.78 is 5.24. The fourth-order valence-electron chi connectivity index (χ4n) is 4.32. The highest BCUT2D eigenvalue weighted by Gasteiger charge is 2.27. The van der Waals surface area contributed by atoms with Crippen molar-refractivity contribution in [1.29, 1.82) is 0 Å². The molecule has 6 heteroatoms. The molecule has 1 unspecified atom stereocenters. The highest BCUT2D eigenvalue weighted by Crippen LogP contribution is 2.26. The van der Waals surface area contributed by atoms with E-state index in [4.69, 9.17) is 4.74 Å². The van der Waals surface area contributed by atoms with E-state index in [9.17, 15) is 5.11 Å². The van der Waals surface area contributed by atoms with E-state index in [1.54, 1.807) is 7.11 Å². The molecule has 0 bridgehead atoms. The van der Waals surface area contributed by atoms with Crippen molar-refractivity contribution in [1.82, 2.24) is 15.5 Å². The zero-order valence-electron chi connectivity index (χ0n) is 17.4. The van der Waals surface area contributed by atoms with E-state index in [-0.39, 0.29) is 0 Å². The number of nitrogens with one attached hydrogen (secondary N) is 2. The summed E-state index contributed by atoms with van der Waals surface area (Å²) in [5.41, 5.74) is 0.823. The van der Waals surface area contributed by atoms with E-state index in [0.29, 0.717) is 12.6 Å². The molecule has 0 amide bonds.